The van der Waals surface area contributed by atoms with Gasteiger partial charge in [-0.2, -0.15) is 0 Å². The molecule has 6 heteroatoms. The summed E-state index contributed by atoms with van der Waals surface area (Å²) < 4.78 is 0. The van der Waals surface area contributed by atoms with Gasteiger partial charge in [-0.15, -0.1) is 0 Å². The Morgan fingerprint density at radius 2 is 2.17 bits per heavy atom. The maximum Gasteiger partial charge on any atom is 0.242 e. The molecule has 3 N–H and O–H groups in total. The predicted molar refractivity (Wildman–Crippen MR) is 65.8 cm³/mol. The van der Waals surface area contributed by atoms with E-state index in [1.165, 1.54) is 0 Å². The van der Waals surface area contributed by atoms with E-state index in [4.69, 9.17) is 0 Å². The van der Waals surface area contributed by atoms with Crippen molar-refractivity contribution in [1.82, 2.24) is 15.5 Å². The van der Waals surface area contributed by atoms with E-state index in [1.807, 2.05) is 0 Å². The van der Waals surface area contributed by atoms with Gasteiger partial charge in [0, 0.05) is 20.1 Å². The maximum absolute atomic E-state index is 12.3. The SMILES string of the molecule is CNC(=O)C1CCCCN1C(=O)C1CC(O)CN1. The third-order valence-electron chi connectivity index (χ3n) is 3.74. The quantitative estimate of drug-likeness (QED) is 0.581. The van der Waals surface area contributed by atoms with Crippen LogP contribution in [0.15, 0.2) is 0 Å². The number of hydrogen-bond donors (Lipinski definition) is 3. The van der Waals surface area contributed by atoms with E-state index in [0.717, 1.165) is 19.3 Å². The molecule has 3 unspecified atom stereocenters. The number of likely N-dealkylation sites (N-methyl/N-ethyl adjacent to an activating group) is 1. The number of carbonyl (C=O) groups is 2. The molecule has 2 amide bonds. The number of likely N-dealkylation sites (tertiary alicyclic amines) is 1. The topological polar surface area (TPSA) is 81.7 Å². The van der Waals surface area contributed by atoms with Crippen LogP contribution in [0.4, 0.5) is 0 Å². The van der Waals surface area contributed by atoms with Crippen LogP contribution < -0.4 is 10.6 Å². The molecule has 6 nitrogen and oxygen atoms in total. The molecule has 0 aromatic heterocycles. The summed E-state index contributed by atoms with van der Waals surface area (Å²) in [4.78, 5) is 25.8. The van der Waals surface area contributed by atoms with Gasteiger partial charge in [0.2, 0.25) is 11.8 Å². The highest BCUT2D eigenvalue weighted by molar-refractivity contribution is 5.90. The van der Waals surface area contributed by atoms with Gasteiger partial charge >= 0.3 is 0 Å². The number of aliphatic hydroxyl groups excluding tert-OH is 1. The van der Waals surface area contributed by atoms with Gasteiger partial charge in [0.15, 0.2) is 0 Å². The first-order valence-corrected chi connectivity index (χ1v) is 6.57. The van der Waals surface area contributed by atoms with Gasteiger partial charge in [-0.05, 0) is 25.7 Å². The van der Waals surface area contributed by atoms with Crippen molar-refractivity contribution in [3.05, 3.63) is 0 Å². The fourth-order valence-corrected chi connectivity index (χ4v) is 2.74. The molecule has 0 radical (unpaired) electrons. The van der Waals surface area contributed by atoms with Crippen molar-refractivity contribution in [3.8, 4) is 0 Å². The lowest BCUT2D eigenvalue weighted by atomic mass is 10.00. The Hall–Kier alpha value is -1.14. The predicted octanol–water partition coefficient (Wildman–Crippen LogP) is -1.16. The smallest absolute Gasteiger partial charge is 0.242 e. The zero-order chi connectivity index (χ0) is 13.1. The number of nitrogens with one attached hydrogen (secondary N) is 2. The van der Waals surface area contributed by atoms with Crippen LogP contribution in [0, 0.1) is 0 Å². The molecule has 2 aliphatic rings. The average molecular weight is 255 g/mol. The molecule has 2 rings (SSSR count). The summed E-state index contributed by atoms with van der Waals surface area (Å²) in [6.45, 7) is 1.08. The number of β-amino-alcohol motifs (C(OH)–C–C–N with tert-alkyl or cyclic N) is 1. The molecule has 3 atom stereocenters. The highest BCUT2D eigenvalue weighted by atomic mass is 16.3. The highest BCUT2D eigenvalue weighted by Gasteiger charge is 2.37. The minimum absolute atomic E-state index is 0.0557. The number of rotatable bonds is 2. The Labute approximate surface area is 107 Å². The van der Waals surface area contributed by atoms with Crippen LogP contribution in [0.25, 0.3) is 0 Å². The van der Waals surface area contributed by atoms with Crippen LogP contribution in [0.5, 0.6) is 0 Å². The van der Waals surface area contributed by atoms with Gasteiger partial charge in [-0.1, -0.05) is 0 Å². The fraction of sp³-hybridized carbons (Fsp3) is 0.833. The van der Waals surface area contributed by atoms with Crippen molar-refractivity contribution < 1.29 is 14.7 Å². The zero-order valence-electron chi connectivity index (χ0n) is 10.7. The second-order valence-electron chi connectivity index (χ2n) is 5.01. The lowest BCUT2D eigenvalue weighted by Gasteiger charge is -2.36. The van der Waals surface area contributed by atoms with Crippen molar-refractivity contribution in [2.75, 3.05) is 20.1 Å². The van der Waals surface area contributed by atoms with Gasteiger partial charge in [-0.3, -0.25) is 9.59 Å². The van der Waals surface area contributed by atoms with Crippen LogP contribution in [-0.4, -0.2) is 60.1 Å². The van der Waals surface area contributed by atoms with E-state index in [0.29, 0.717) is 19.5 Å². The van der Waals surface area contributed by atoms with Crippen LogP contribution in [0.3, 0.4) is 0 Å². The van der Waals surface area contributed by atoms with Crippen molar-refractivity contribution in [2.24, 2.45) is 0 Å². The maximum atomic E-state index is 12.3. The lowest BCUT2D eigenvalue weighted by Crippen LogP contribution is -2.55. The molecule has 0 aromatic rings. The minimum Gasteiger partial charge on any atom is -0.392 e. The summed E-state index contributed by atoms with van der Waals surface area (Å²) in [7, 11) is 1.59. The molecular weight excluding hydrogens is 234 g/mol. The fourth-order valence-electron chi connectivity index (χ4n) is 2.74. The molecule has 0 aliphatic carbocycles. The van der Waals surface area contributed by atoms with Gasteiger partial charge in [0.25, 0.3) is 0 Å². The summed E-state index contributed by atoms with van der Waals surface area (Å²) in [5, 5.41) is 15.1. The standard InChI is InChI=1S/C12H21N3O3/c1-13-11(17)10-4-2-3-5-15(10)12(18)9-6-8(16)7-14-9/h8-10,14,16H,2-7H2,1H3,(H,13,17). The Bertz CT molecular complexity index is 335. The average Bonchev–Trinajstić information content (AvgIpc) is 2.83. The normalized spacial score (nSPS) is 32.3. The molecule has 0 saturated carbocycles. The van der Waals surface area contributed by atoms with Crippen molar-refractivity contribution in [3.63, 3.8) is 0 Å². The van der Waals surface area contributed by atoms with Gasteiger partial charge in [-0.25, -0.2) is 0 Å². The number of aliphatic hydroxyl groups is 1. The van der Waals surface area contributed by atoms with E-state index in [1.54, 1.807) is 11.9 Å². The Morgan fingerprint density at radius 1 is 1.39 bits per heavy atom. The number of piperidine rings is 1. The summed E-state index contributed by atoms with van der Waals surface area (Å²) in [6.07, 6.45) is 2.62. The number of hydrogen-bond acceptors (Lipinski definition) is 4. The van der Waals surface area contributed by atoms with E-state index in [-0.39, 0.29) is 23.9 Å². The lowest BCUT2D eigenvalue weighted by molar-refractivity contribution is -0.143. The zero-order valence-corrected chi connectivity index (χ0v) is 10.7. The van der Waals surface area contributed by atoms with Crippen LogP contribution in [0.2, 0.25) is 0 Å². The number of carbonyl (C=O) groups excluding carboxylic acids is 2. The molecule has 18 heavy (non-hydrogen) atoms. The van der Waals surface area contributed by atoms with Crippen molar-refractivity contribution in [2.45, 2.75) is 43.9 Å². The Balaban J connectivity index is 2.04. The number of nitrogens with zero attached hydrogens (tertiary/aromatic N) is 1. The molecule has 2 heterocycles. The monoisotopic (exact) mass is 255 g/mol. The van der Waals surface area contributed by atoms with Gasteiger partial charge in [0.1, 0.15) is 6.04 Å². The first kappa shape index (κ1) is 13.3. The van der Waals surface area contributed by atoms with Crippen LogP contribution in [-0.2, 0) is 9.59 Å². The largest absolute Gasteiger partial charge is 0.392 e. The third kappa shape index (κ3) is 2.64. The molecule has 2 fully saturated rings. The molecule has 0 aromatic carbocycles. The van der Waals surface area contributed by atoms with E-state index < -0.39 is 6.10 Å². The first-order valence-electron chi connectivity index (χ1n) is 6.57. The Morgan fingerprint density at radius 3 is 2.78 bits per heavy atom. The third-order valence-corrected chi connectivity index (χ3v) is 3.74. The molecular formula is C12H21N3O3. The number of amides is 2. The van der Waals surface area contributed by atoms with Crippen molar-refractivity contribution in [1.29, 1.82) is 0 Å². The Kier molecular flexibility index (Phi) is 4.19. The van der Waals surface area contributed by atoms with Gasteiger partial charge < -0.3 is 20.6 Å². The van der Waals surface area contributed by atoms with E-state index in [2.05, 4.69) is 10.6 Å². The molecule has 2 saturated heterocycles. The minimum atomic E-state index is -0.456. The summed E-state index contributed by atoms with van der Waals surface area (Å²) in [6, 6.07) is -0.693. The molecule has 0 spiro atoms. The highest BCUT2D eigenvalue weighted by Crippen LogP contribution is 2.20. The van der Waals surface area contributed by atoms with Crippen molar-refractivity contribution >= 4 is 11.8 Å². The molecule has 0 bridgehead atoms. The van der Waals surface area contributed by atoms with Crippen LogP contribution >= 0.6 is 0 Å². The second-order valence-corrected chi connectivity index (χ2v) is 5.01. The van der Waals surface area contributed by atoms with Crippen LogP contribution in [0.1, 0.15) is 25.7 Å². The van der Waals surface area contributed by atoms with Gasteiger partial charge in [0.05, 0.1) is 12.1 Å². The van der Waals surface area contributed by atoms with E-state index >= 15 is 0 Å². The summed E-state index contributed by atoms with van der Waals surface area (Å²) in [5.74, 6) is -0.151. The molecule has 2 aliphatic heterocycles. The first-order chi connectivity index (χ1) is 8.63. The molecule has 102 valence electrons. The van der Waals surface area contributed by atoms with E-state index in [9.17, 15) is 14.7 Å². The summed E-state index contributed by atoms with van der Waals surface area (Å²) in [5.41, 5.74) is 0. The second kappa shape index (κ2) is 5.67. The summed E-state index contributed by atoms with van der Waals surface area (Å²) >= 11 is 0.